The van der Waals surface area contributed by atoms with E-state index in [1.165, 1.54) is 5.56 Å². The van der Waals surface area contributed by atoms with Gasteiger partial charge in [-0.15, -0.1) is 0 Å². The third kappa shape index (κ3) is 6.67. The first kappa shape index (κ1) is 24.0. The summed E-state index contributed by atoms with van der Waals surface area (Å²) in [6.07, 6.45) is 2.85. The zero-order valence-electron chi connectivity index (χ0n) is 20.1. The van der Waals surface area contributed by atoms with Crippen molar-refractivity contribution in [2.75, 3.05) is 6.61 Å². The van der Waals surface area contributed by atoms with Crippen LogP contribution in [0, 0.1) is 0 Å². The molecular weight excluding hydrogens is 434 g/mol. The fourth-order valence-electron chi connectivity index (χ4n) is 3.57. The van der Waals surface area contributed by atoms with E-state index in [9.17, 15) is 4.79 Å². The standard InChI is InChI=1S/C31H29NO3/c1-3-21-34-29-17-15-28(16-18-29)31(33)35-30-19-13-27(14-20-30)26-11-9-24(10-12-26)22-32-23(2)25-7-5-4-6-8-25/h4-20,22-23H,3,21H2,1-2H3/t23-/m0/s1. The fourth-order valence-corrected chi connectivity index (χ4v) is 3.57. The summed E-state index contributed by atoms with van der Waals surface area (Å²) < 4.78 is 11.1. The third-order valence-electron chi connectivity index (χ3n) is 5.60. The third-order valence-corrected chi connectivity index (χ3v) is 5.60. The van der Waals surface area contributed by atoms with Crippen LogP contribution < -0.4 is 9.47 Å². The zero-order chi connectivity index (χ0) is 24.5. The Morgan fingerprint density at radius 2 is 1.40 bits per heavy atom. The Morgan fingerprint density at radius 3 is 2.03 bits per heavy atom. The van der Waals surface area contributed by atoms with Gasteiger partial charge in [-0.25, -0.2) is 4.79 Å². The molecule has 0 fully saturated rings. The number of esters is 1. The van der Waals surface area contributed by atoms with Crippen molar-refractivity contribution in [2.45, 2.75) is 26.3 Å². The van der Waals surface area contributed by atoms with Crippen LogP contribution in [0.25, 0.3) is 11.1 Å². The molecule has 4 rings (SSSR count). The highest BCUT2D eigenvalue weighted by Gasteiger charge is 2.09. The molecule has 0 saturated carbocycles. The molecule has 0 saturated heterocycles. The van der Waals surface area contributed by atoms with Crippen molar-refractivity contribution in [1.82, 2.24) is 0 Å². The van der Waals surface area contributed by atoms with Crippen molar-refractivity contribution in [3.63, 3.8) is 0 Å². The molecule has 0 bridgehead atoms. The number of ether oxygens (including phenoxy) is 2. The summed E-state index contributed by atoms with van der Waals surface area (Å²) in [5.74, 6) is 0.854. The van der Waals surface area contributed by atoms with Gasteiger partial charge in [-0.2, -0.15) is 0 Å². The molecule has 0 aliphatic rings. The fraction of sp³-hybridized carbons (Fsp3) is 0.161. The summed E-state index contributed by atoms with van der Waals surface area (Å²) >= 11 is 0. The molecule has 0 radical (unpaired) electrons. The van der Waals surface area contributed by atoms with E-state index in [0.717, 1.165) is 28.9 Å². The maximum absolute atomic E-state index is 12.5. The number of nitrogens with zero attached hydrogens (tertiary/aromatic N) is 1. The molecule has 1 atom stereocenters. The van der Waals surface area contributed by atoms with E-state index in [0.29, 0.717) is 17.9 Å². The number of hydrogen-bond donors (Lipinski definition) is 0. The lowest BCUT2D eigenvalue weighted by molar-refractivity contribution is 0.0734. The number of aliphatic imine (C=N–C) groups is 1. The highest BCUT2D eigenvalue weighted by atomic mass is 16.5. The van der Waals surface area contributed by atoms with Crippen LogP contribution in [0.15, 0.2) is 108 Å². The van der Waals surface area contributed by atoms with Crippen LogP contribution in [0.3, 0.4) is 0 Å². The van der Waals surface area contributed by atoms with Gasteiger partial charge in [0.25, 0.3) is 0 Å². The molecule has 0 unspecified atom stereocenters. The molecule has 0 aliphatic heterocycles. The van der Waals surface area contributed by atoms with Crippen LogP contribution in [0.5, 0.6) is 11.5 Å². The first-order valence-corrected chi connectivity index (χ1v) is 11.9. The lowest BCUT2D eigenvalue weighted by Gasteiger charge is -2.08. The van der Waals surface area contributed by atoms with Crippen LogP contribution in [0.2, 0.25) is 0 Å². The van der Waals surface area contributed by atoms with E-state index < -0.39 is 5.97 Å². The summed E-state index contributed by atoms with van der Waals surface area (Å²) in [6.45, 7) is 4.79. The van der Waals surface area contributed by atoms with Crippen LogP contribution in [-0.2, 0) is 0 Å². The molecule has 0 spiro atoms. The number of carbonyl (C=O) groups is 1. The molecule has 0 aromatic heterocycles. The first-order chi connectivity index (χ1) is 17.1. The SMILES string of the molecule is CCCOc1ccc(C(=O)Oc2ccc(-c3ccc(C=N[C@@H](C)c4ccccc4)cc3)cc2)cc1. The molecule has 4 aromatic rings. The van der Waals surface area contributed by atoms with E-state index in [-0.39, 0.29) is 6.04 Å². The molecule has 0 amide bonds. The summed E-state index contributed by atoms with van der Waals surface area (Å²) in [5, 5.41) is 0. The minimum atomic E-state index is -0.395. The second kappa shape index (κ2) is 11.8. The smallest absolute Gasteiger partial charge is 0.343 e. The Bertz CT molecular complexity index is 1250. The quantitative estimate of drug-likeness (QED) is 0.146. The number of carbonyl (C=O) groups excluding carboxylic acids is 1. The normalized spacial score (nSPS) is 11.8. The summed E-state index contributed by atoms with van der Waals surface area (Å²) in [4.78, 5) is 17.1. The summed E-state index contributed by atoms with van der Waals surface area (Å²) in [6, 6.07) is 33.1. The van der Waals surface area contributed by atoms with Gasteiger partial charge < -0.3 is 9.47 Å². The van der Waals surface area contributed by atoms with Crippen molar-refractivity contribution in [2.24, 2.45) is 4.99 Å². The van der Waals surface area contributed by atoms with Crippen molar-refractivity contribution >= 4 is 12.2 Å². The number of rotatable bonds is 9. The zero-order valence-corrected chi connectivity index (χ0v) is 20.1. The summed E-state index contributed by atoms with van der Waals surface area (Å²) in [5.41, 5.74) is 4.85. The van der Waals surface area contributed by atoms with Gasteiger partial charge in [-0.05, 0) is 72.0 Å². The molecule has 176 valence electrons. The molecule has 0 N–H and O–H groups in total. The van der Waals surface area contributed by atoms with Crippen LogP contribution in [0.1, 0.15) is 47.8 Å². The van der Waals surface area contributed by atoms with Crippen molar-refractivity contribution in [3.05, 3.63) is 120 Å². The molecule has 4 aromatic carbocycles. The maximum Gasteiger partial charge on any atom is 0.343 e. The molecule has 4 nitrogen and oxygen atoms in total. The first-order valence-electron chi connectivity index (χ1n) is 11.9. The van der Waals surface area contributed by atoms with E-state index in [1.54, 1.807) is 24.3 Å². The Hall–Kier alpha value is -4.18. The molecular formula is C31H29NO3. The van der Waals surface area contributed by atoms with Crippen LogP contribution >= 0.6 is 0 Å². The average molecular weight is 464 g/mol. The predicted molar refractivity (Wildman–Crippen MR) is 142 cm³/mol. The van der Waals surface area contributed by atoms with Crippen molar-refractivity contribution in [3.8, 4) is 22.6 Å². The van der Waals surface area contributed by atoms with Gasteiger partial charge in [0.05, 0.1) is 18.2 Å². The topological polar surface area (TPSA) is 47.9 Å². The van der Waals surface area contributed by atoms with Gasteiger partial charge in [0.2, 0.25) is 0 Å². The van der Waals surface area contributed by atoms with Gasteiger partial charge in [-0.3, -0.25) is 4.99 Å². The second-order valence-corrected chi connectivity index (χ2v) is 8.27. The monoisotopic (exact) mass is 463 g/mol. The van der Waals surface area contributed by atoms with Gasteiger partial charge in [-0.1, -0.05) is 73.7 Å². The average Bonchev–Trinajstić information content (AvgIpc) is 2.92. The van der Waals surface area contributed by atoms with E-state index in [1.807, 2.05) is 48.7 Å². The van der Waals surface area contributed by atoms with Crippen LogP contribution in [-0.4, -0.2) is 18.8 Å². The van der Waals surface area contributed by atoms with Crippen molar-refractivity contribution < 1.29 is 14.3 Å². The highest BCUT2D eigenvalue weighted by Crippen LogP contribution is 2.24. The molecule has 0 aliphatic carbocycles. The number of benzene rings is 4. The van der Waals surface area contributed by atoms with Gasteiger partial charge in [0, 0.05) is 6.21 Å². The summed E-state index contributed by atoms with van der Waals surface area (Å²) in [7, 11) is 0. The minimum absolute atomic E-state index is 0.110. The number of hydrogen-bond acceptors (Lipinski definition) is 4. The Morgan fingerprint density at radius 1 is 0.800 bits per heavy atom. The Kier molecular flexibility index (Phi) is 8.08. The largest absolute Gasteiger partial charge is 0.494 e. The van der Waals surface area contributed by atoms with Crippen LogP contribution in [0.4, 0.5) is 0 Å². The highest BCUT2D eigenvalue weighted by molar-refractivity contribution is 5.91. The van der Waals surface area contributed by atoms with Gasteiger partial charge >= 0.3 is 5.97 Å². The van der Waals surface area contributed by atoms with Gasteiger partial charge in [0.15, 0.2) is 0 Å². The minimum Gasteiger partial charge on any atom is -0.494 e. The lowest BCUT2D eigenvalue weighted by atomic mass is 10.0. The molecule has 35 heavy (non-hydrogen) atoms. The maximum atomic E-state index is 12.5. The lowest BCUT2D eigenvalue weighted by Crippen LogP contribution is -2.08. The second-order valence-electron chi connectivity index (χ2n) is 8.27. The van der Waals surface area contributed by atoms with E-state index >= 15 is 0 Å². The Balaban J connectivity index is 1.35. The molecule has 0 heterocycles. The van der Waals surface area contributed by atoms with E-state index in [4.69, 9.17) is 9.47 Å². The van der Waals surface area contributed by atoms with Gasteiger partial charge in [0.1, 0.15) is 11.5 Å². The van der Waals surface area contributed by atoms with E-state index in [2.05, 4.69) is 55.2 Å². The predicted octanol–water partition coefficient (Wildman–Crippen LogP) is 7.54. The Labute approximate surface area is 206 Å². The van der Waals surface area contributed by atoms with Crippen molar-refractivity contribution in [1.29, 1.82) is 0 Å². The molecule has 4 heteroatoms.